The van der Waals surface area contributed by atoms with Gasteiger partial charge in [0.1, 0.15) is 5.25 Å². The van der Waals surface area contributed by atoms with Crippen LogP contribution in [0.3, 0.4) is 0 Å². The molecule has 27 heavy (non-hydrogen) atoms. The Hall–Kier alpha value is -2.07. The summed E-state index contributed by atoms with van der Waals surface area (Å²) in [6.45, 7) is 1.65. The minimum Gasteiger partial charge on any atom is -0.465 e. The third-order valence-electron chi connectivity index (χ3n) is 4.64. The monoisotopic (exact) mass is 423 g/mol. The van der Waals surface area contributed by atoms with Gasteiger partial charge in [0.2, 0.25) is 0 Å². The number of carbonyl (C=O) groups is 1. The molecule has 0 unspecified atom stereocenters. The average molecular weight is 424 g/mol. The van der Waals surface area contributed by atoms with Crippen LogP contribution in [0.2, 0.25) is 10.0 Å². The van der Waals surface area contributed by atoms with Crippen LogP contribution >= 0.6 is 23.2 Å². The smallest absolute Gasteiger partial charge is 0.328 e. The van der Waals surface area contributed by atoms with Crippen LogP contribution in [-0.4, -0.2) is 26.2 Å². The van der Waals surface area contributed by atoms with Crippen molar-refractivity contribution in [2.45, 2.75) is 23.0 Å². The van der Waals surface area contributed by atoms with E-state index in [0.29, 0.717) is 15.6 Å². The van der Waals surface area contributed by atoms with Crippen LogP contribution in [0.15, 0.2) is 53.4 Å². The number of esters is 1. The fourth-order valence-corrected chi connectivity index (χ4v) is 5.83. The quantitative estimate of drug-likeness (QED) is 0.678. The Morgan fingerprint density at radius 3 is 2.11 bits per heavy atom. The number of halogens is 2. The number of hydrogen-bond acceptors (Lipinski definition) is 5. The zero-order valence-electron chi connectivity index (χ0n) is 14.2. The van der Waals surface area contributed by atoms with Gasteiger partial charge in [-0.2, -0.15) is 5.26 Å². The highest BCUT2D eigenvalue weighted by atomic mass is 35.5. The maximum Gasteiger partial charge on any atom is 0.328 e. The van der Waals surface area contributed by atoms with Crippen molar-refractivity contribution in [2.75, 3.05) is 6.61 Å². The summed E-state index contributed by atoms with van der Waals surface area (Å²) in [5.41, 5.74) is -1.26. The Kier molecular flexibility index (Phi) is 5.22. The lowest BCUT2D eigenvalue weighted by molar-refractivity contribution is -0.147. The first kappa shape index (κ1) is 19.7. The van der Waals surface area contributed by atoms with E-state index in [4.69, 9.17) is 27.9 Å². The second-order valence-corrected chi connectivity index (χ2v) is 9.09. The number of ether oxygens (including phenoxy) is 1. The van der Waals surface area contributed by atoms with E-state index >= 15 is 0 Å². The first-order chi connectivity index (χ1) is 12.8. The molecule has 3 atom stereocenters. The number of rotatable bonds is 5. The molecule has 1 aliphatic carbocycles. The molecule has 5 nitrogen and oxygen atoms in total. The van der Waals surface area contributed by atoms with Crippen LogP contribution in [0.1, 0.15) is 18.4 Å². The normalized spacial score (nSPS) is 24.1. The van der Waals surface area contributed by atoms with Gasteiger partial charge in [0.15, 0.2) is 15.3 Å². The minimum absolute atomic E-state index is 0.00251. The predicted octanol–water partition coefficient (Wildman–Crippen LogP) is 4.01. The average Bonchev–Trinajstić information content (AvgIpc) is 3.34. The van der Waals surface area contributed by atoms with Gasteiger partial charge in [-0.3, -0.25) is 4.79 Å². The van der Waals surface area contributed by atoms with Crippen molar-refractivity contribution in [3.8, 4) is 6.07 Å². The largest absolute Gasteiger partial charge is 0.465 e. The Morgan fingerprint density at radius 2 is 1.63 bits per heavy atom. The van der Waals surface area contributed by atoms with Crippen molar-refractivity contribution >= 4 is 39.0 Å². The zero-order chi connectivity index (χ0) is 19.8. The lowest BCUT2D eigenvalue weighted by Gasteiger charge is -2.09. The molecule has 0 amide bonds. The lowest BCUT2D eigenvalue weighted by atomic mass is 10.0. The van der Waals surface area contributed by atoms with Crippen LogP contribution in [-0.2, 0) is 19.4 Å². The third kappa shape index (κ3) is 3.20. The van der Waals surface area contributed by atoms with Gasteiger partial charge in [-0.05, 0) is 48.9 Å². The molecule has 3 rings (SSSR count). The summed E-state index contributed by atoms with van der Waals surface area (Å²) in [5, 5.41) is 9.40. The topological polar surface area (TPSA) is 84.2 Å². The van der Waals surface area contributed by atoms with Crippen molar-refractivity contribution in [1.29, 1.82) is 5.26 Å². The number of nitriles is 1. The van der Waals surface area contributed by atoms with Crippen molar-refractivity contribution in [2.24, 2.45) is 5.41 Å². The summed E-state index contributed by atoms with van der Waals surface area (Å²) < 4.78 is 31.5. The van der Waals surface area contributed by atoms with Gasteiger partial charge in [0, 0.05) is 16.0 Å². The summed E-state index contributed by atoms with van der Waals surface area (Å²) in [6, 6.07) is 14.0. The van der Waals surface area contributed by atoms with Gasteiger partial charge in [0.05, 0.1) is 17.6 Å². The maximum atomic E-state index is 13.2. The summed E-state index contributed by atoms with van der Waals surface area (Å²) in [6.07, 6.45) is 0. The van der Waals surface area contributed by atoms with Crippen molar-refractivity contribution in [3.05, 3.63) is 64.1 Å². The van der Waals surface area contributed by atoms with Crippen molar-refractivity contribution in [3.63, 3.8) is 0 Å². The fraction of sp³-hybridized carbons (Fsp3) is 0.263. The van der Waals surface area contributed by atoms with Crippen LogP contribution in [0.25, 0.3) is 0 Å². The molecule has 8 heteroatoms. The molecule has 1 fully saturated rings. The molecule has 0 bridgehead atoms. The SMILES string of the molecule is CCOC(=O)[C@@]1(C#N)[C@H](c2ccc(Cl)cc2)[C@@H]1S(=O)(=O)c1ccc(Cl)cc1. The summed E-state index contributed by atoms with van der Waals surface area (Å²) >= 11 is 11.7. The Morgan fingerprint density at radius 1 is 1.11 bits per heavy atom. The van der Waals surface area contributed by atoms with E-state index in [0.717, 1.165) is 0 Å². The van der Waals surface area contributed by atoms with Crippen LogP contribution in [0.5, 0.6) is 0 Å². The summed E-state index contributed by atoms with van der Waals surface area (Å²) in [4.78, 5) is 12.6. The van der Waals surface area contributed by atoms with Gasteiger partial charge in [0.25, 0.3) is 0 Å². The molecule has 2 aromatic rings. The van der Waals surface area contributed by atoms with E-state index < -0.39 is 32.4 Å². The molecule has 0 N–H and O–H groups in total. The van der Waals surface area contributed by atoms with Gasteiger partial charge >= 0.3 is 5.97 Å². The molecule has 1 aliphatic rings. The lowest BCUT2D eigenvalue weighted by Crippen LogP contribution is -2.25. The van der Waals surface area contributed by atoms with Crippen LogP contribution in [0.4, 0.5) is 0 Å². The first-order valence-electron chi connectivity index (χ1n) is 8.12. The molecule has 0 aliphatic heterocycles. The molecule has 0 saturated heterocycles. The molecule has 140 valence electrons. The Balaban J connectivity index is 2.12. The number of sulfone groups is 1. The standard InChI is InChI=1S/C19H15Cl2NO4S/c1-2-26-18(23)19(11-22)16(12-3-5-13(20)6-4-12)17(19)27(24,25)15-9-7-14(21)8-10-15/h3-10,16-17H,2H2,1H3/t16-,17+,19+/m1/s1. The van der Waals surface area contributed by atoms with E-state index in [-0.39, 0.29) is 11.5 Å². The fourth-order valence-electron chi connectivity index (χ4n) is 3.33. The van der Waals surface area contributed by atoms with Crippen LogP contribution < -0.4 is 0 Å². The molecule has 0 heterocycles. The second kappa shape index (κ2) is 7.16. The van der Waals surface area contributed by atoms with Crippen LogP contribution in [0, 0.1) is 16.7 Å². The zero-order valence-corrected chi connectivity index (χ0v) is 16.6. The number of hydrogen-bond donors (Lipinski definition) is 0. The molecule has 2 aromatic carbocycles. The van der Waals surface area contributed by atoms with Gasteiger partial charge in [-0.1, -0.05) is 35.3 Å². The number of carbonyl (C=O) groups excluding carboxylic acids is 1. The third-order valence-corrected chi connectivity index (χ3v) is 7.38. The highest BCUT2D eigenvalue weighted by Crippen LogP contribution is 2.64. The molecule has 1 saturated carbocycles. The van der Waals surface area contributed by atoms with Crippen molar-refractivity contribution < 1.29 is 17.9 Å². The van der Waals surface area contributed by atoms with E-state index in [2.05, 4.69) is 0 Å². The number of benzene rings is 2. The molecular weight excluding hydrogens is 409 g/mol. The first-order valence-corrected chi connectivity index (χ1v) is 10.4. The minimum atomic E-state index is -3.99. The Bertz CT molecular complexity index is 1010. The van der Waals surface area contributed by atoms with Gasteiger partial charge in [-0.15, -0.1) is 0 Å². The predicted molar refractivity (Wildman–Crippen MR) is 101 cm³/mol. The molecule has 0 spiro atoms. The molecule has 0 radical (unpaired) electrons. The van der Waals surface area contributed by atoms with E-state index in [1.165, 1.54) is 24.3 Å². The van der Waals surface area contributed by atoms with Gasteiger partial charge in [-0.25, -0.2) is 8.42 Å². The van der Waals surface area contributed by atoms with E-state index in [9.17, 15) is 18.5 Å². The maximum absolute atomic E-state index is 13.2. The number of nitrogens with zero attached hydrogens (tertiary/aromatic N) is 1. The summed E-state index contributed by atoms with van der Waals surface area (Å²) in [5.74, 6) is -1.69. The van der Waals surface area contributed by atoms with Gasteiger partial charge < -0.3 is 4.74 Å². The highest BCUT2D eigenvalue weighted by Gasteiger charge is 2.77. The Labute approximate surface area is 167 Å². The van der Waals surface area contributed by atoms with E-state index in [1.54, 1.807) is 31.2 Å². The van der Waals surface area contributed by atoms with E-state index in [1.807, 2.05) is 6.07 Å². The summed E-state index contributed by atoms with van der Waals surface area (Å²) in [7, 11) is -3.99. The molecular formula is C19H15Cl2NO4S. The van der Waals surface area contributed by atoms with Crippen molar-refractivity contribution in [1.82, 2.24) is 0 Å². The second-order valence-electron chi connectivity index (χ2n) is 6.15. The molecule has 0 aromatic heterocycles. The highest BCUT2D eigenvalue weighted by molar-refractivity contribution is 7.92.